The molecule has 1 aliphatic heterocycles. The lowest BCUT2D eigenvalue weighted by molar-refractivity contribution is -0.133. The molecule has 1 aliphatic carbocycles. The summed E-state index contributed by atoms with van der Waals surface area (Å²) in [7, 11) is 1.75. The lowest BCUT2D eigenvalue weighted by atomic mass is 9.84. The molecule has 0 amide bonds. The van der Waals surface area contributed by atoms with Crippen LogP contribution in [-0.4, -0.2) is 46.7 Å². The van der Waals surface area contributed by atoms with Crippen molar-refractivity contribution in [3.63, 3.8) is 0 Å². The lowest BCUT2D eigenvalue weighted by Gasteiger charge is -2.44. The molecule has 1 aromatic rings. The highest BCUT2D eigenvalue weighted by Crippen LogP contribution is 2.29. The average molecular weight is 280 g/mol. The molecule has 4 atom stereocenters. The van der Waals surface area contributed by atoms with E-state index >= 15 is 0 Å². The van der Waals surface area contributed by atoms with Crippen molar-refractivity contribution in [1.29, 1.82) is 0 Å². The molecule has 112 valence electrons. The Hall–Kier alpha value is -0.980. The second kappa shape index (κ2) is 5.79. The molecule has 2 aliphatic rings. The predicted octanol–water partition coefficient (Wildman–Crippen LogP) is 1.07. The van der Waals surface area contributed by atoms with Gasteiger partial charge < -0.3 is 19.4 Å². The third-order valence-corrected chi connectivity index (χ3v) is 4.39. The topological polar surface area (TPSA) is 61.2 Å². The summed E-state index contributed by atoms with van der Waals surface area (Å²) < 4.78 is 13.5. The molecule has 1 N–H and O–H groups in total. The first-order chi connectivity index (χ1) is 9.74. The number of nitrogens with one attached hydrogen (secondary N) is 1. The standard InChI is InChI=1S/C14H24N4O2/c1-4-20-11-8-10(13(11)19-3)15-9(2)14-17-16-12-6-5-7-18(12)14/h9-11,13,15H,4-8H2,1-3H3. The van der Waals surface area contributed by atoms with Crippen LogP contribution in [-0.2, 0) is 22.4 Å². The van der Waals surface area contributed by atoms with E-state index in [0.717, 1.165) is 37.6 Å². The van der Waals surface area contributed by atoms with Crippen molar-refractivity contribution in [2.24, 2.45) is 0 Å². The summed E-state index contributed by atoms with van der Waals surface area (Å²) in [6.45, 7) is 5.96. The molecule has 0 bridgehead atoms. The average Bonchev–Trinajstić information content (AvgIpc) is 2.99. The zero-order chi connectivity index (χ0) is 14.1. The van der Waals surface area contributed by atoms with Crippen LogP contribution in [0.1, 0.15) is 44.4 Å². The van der Waals surface area contributed by atoms with Crippen molar-refractivity contribution < 1.29 is 9.47 Å². The molecule has 6 heteroatoms. The van der Waals surface area contributed by atoms with Crippen molar-refractivity contribution in [2.45, 2.75) is 63.9 Å². The van der Waals surface area contributed by atoms with Gasteiger partial charge in [0.2, 0.25) is 0 Å². The number of hydrogen-bond donors (Lipinski definition) is 1. The first-order valence-electron chi connectivity index (χ1n) is 7.57. The van der Waals surface area contributed by atoms with Crippen LogP contribution in [0, 0.1) is 0 Å². The normalized spacial score (nSPS) is 30.1. The van der Waals surface area contributed by atoms with Gasteiger partial charge in [-0.25, -0.2) is 0 Å². The van der Waals surface area contributed by atoms with Gasteiger partial charge in [-0.05, 0) is 26.7 Å². The zero-order valence-electron chi connectivity index (χ0n) is 12.5. The van der Waals surface area contributed by atoms with E-state index in [2.05, 4.69) is 27.0 Å². The summed E-state index contributed by atoms with van der Waals surface area (Å²) >= 11 is 0. The molecule has 0 saturated heterocycles. The summed E-state index contributed by atoms with van der Waals surface area (Å²) in [6.07, 6.45) is 3.59. The Balaban J connectivity index is 1.60. The van der Waals surface area contributed by atoms with Crippen LogP contribution in [0.4, 0.5) is 0 Å². The Morgan fingerprint density at radius 3 is 3.05 bits per heavy atom. The summed E-state index contributed by atoms with van der Waals surface area (Å²) in [5, 5.41) is 12.2. The largest absolute Gasteiger partial charge is 0.377 e. The van der Waals surface area contributed by atoms with E-state index in [1.54, 1.807) is 7.11 Å². The quantitative estimate of drug-likeness (QED) is 0.844. The van der Waals surface area contributed by atoms with Crippen LogP contribution in [0.3, 0.4) is 0 Å². The van der Waals surface area contributed by atoms with Crippen LogP contribution in [0.5, 0.6) is 0 Å². The van der Waals surface area contributed by atoms with Crippen LogP contribution in [0.15, 0.2) is 0 Å². The van der Waals surface area contributed by atoms with Crippen molar-refractivity contribution in [3.8, 4) is 0 Å². The van der Waals surface area contributed by atoms with E-state index in [1.807, 2.05) is 6.92 Å². The molecule has 6 nitrogen and oxygen atoms in total. The minimum absolute atomic E-state index is 0.137. The number of ether oxygens (including phenoxy) is 2. The summed E-state index contributed by atoms with van der Waals surface area (Å²) in [4.78, 5) is 0. The number of methoxy groups -OCH3 is 1. The van der Waals surface area contributed by atoms with Crippen LogP contribution in [0.2, 0.25) is 0 Å². The molecular weight excluding hydrogens is 256 g/mol. The van der Waals surface area contributed by atoms with Gasteiger partial charge in [-0.2, -0.15) is 0 Å². The van der Waals surface area contributed by atoms with Crippen LogP contribution < -0.4 is 5.32 Å². The molecule has 3 rings (SSSR count). The number of aryl methyl sites for hydroxylation is 1. The van der Waals surface area contributed by atoms with Crippen LogP contribution >= 0.6 is 0 Å². The molecule has 1 saturated carbocycles. The highest BCUT2D eigenvalue weighted by Gasteiger charge is 2.43. The van der Waals surface area contributed by atoms with E-state index in [-0.39, 0.29) is 18.2 Å². The number of nitrogens with zero attached hydrogens (tertiary/aromatic N) is 3. The zero-order valence-corrected chi connectivity index (χ0v) is 12.5. The van der Waals surface area contributed by atoms with E-state index in [1.165, 1.54) is 6.42 Å². The van der Waals surface area contributed by atoms with Gasteiger partial charge in [0.25, 0.3) is 0 Å². The summed E-state index contributed by atoms with van der Waals surface area (Å²) in [6, 6.07) is 0.528. The lowest BCUT2D eigenvalue weighted by Crippen LogP contribution is -2.60. The highest BCUT2D eigenvalue weighted by atomic mass is 16.5. The van der Waals surface area contributed by atoms with Crippen molar-refractivity contribution >= 4 is 0 Å². The Kier molecular flexibility index (Phi) is 4.05. The molecule has 0 spiro atoms. The molecule has 0 aromatic carbocycles. The molecule has 0 radical (unpaired) electrons. The fourth-order valence-electron chi connectivity index (χ4n) is 3.33. The smallest absolute Gasteiger partial charge is 0.149 e. The van der Waals surface area contributed by atoms with Gasteiger partial charge in [0.1, 0.15) is 11.6 Å². The molecule has 4 unspecified atom stereocenters. The fourth-order valence-corrected chi connectivity index (χ4v) is 3.33. The molecule has 1 aromatic heterocycles. The monoisotopic (exact) mass is 280 g/mol. The molecule has 20 heavy (non-hydrogen) atoms. The number of fused-ring (bicyclic) bond motifs is 1. The van der Waals surface area contributed by atoms with E-state index in [0.29, 0.717) is 6.04 Å². The van der Waals surface area contributed by atoms with Gasteiger partial charge >= 0.3 is 0 Å². The Morgan fingerprint density at radius 1 is 1.45 bits per heavy atom. The SMILES string of the molecule is CCOC1CC(NC(C)c2nnc3n2CCC3)C1OC. The summed E-state index contributed by atoms with van der Waals surface area (Å²) in [5.41, 5.74) is 0. The first-order valence-corrected chi connectivity index (χ1v) is 7.57. The van der Waals surface area contributed by atoms with Gasteiger partial charge in [0, 0.05) is 32.7 Å². The Morgan fingerprint density at radius 2 is 2.30 bits per heavy atom. The van der Waals surface area contributed by atoms with Gasteiger partial charge in [0.15, 0.2) is 0 Å². The highest BCUT2D eigenvalue weighted by molar-refractivity contribution is 5.06. The van der Waals surface area contributed by atoms with E-state index in [9.17, 15) is 0 Å². The van der Waals surface area contributed by atoms with Gasteiger partial charge in [-0.3, -0.25) is 0 Å². The maximum Gasteiger partial charge on any atom is 0.149 e. The predicted molar refractivity (Wildman–Crippen MR) is 74.5 cm³/mol. The minimum Gasteiger partial charge on any atom is -0.377 e. The van der Waals surface area contributed by atoms with Crippen molar-refractivity contribution in [1.82, 2.24) is 20.1 Å². The number of rotatable bonds is 6. The van der Waals surface area contributed by atoms with Gasteiger partial charge in [-0.1, -0.05) is 0 Å². The molecule has 1 fully saturated rings. The first kappa shape index (κ1) is 14.0. The fraction of sp³-hybridized carbons (Fsp3) is 0.857. The van der Waals surface area contributed by atoms with Crippen molar-refractivity contribution in [3.05, 3.63) is 11.6 Å². The summed E-state index contributed by atoms with van der Waals surface area (Å²) in [5.74, 6) is 2.17. The second-order valence-electron chi connectivity index (χ2n) is 5.65. The Bertz CT molecular complexity index is 462. The maximum absolute atomic E-state index is 5.66. The van der Waals surface area contributed by atoms with E-state index in [4.69, 9.17) is 9.47 Å². The minimum atomic E-state index is 0.137. The van der Waals surface area contributed by atoms with Crippen molar-refractivity contribution in [2.75, 3.05) is 13.7 Å². The van der Waals surface area contributed by atoms with Crippen LogP contribution in [0.25, 0.3) is 0 Å². The number of aromatic nitrogens is 3. The molecular formula is C14H24N4O2. The third-order valence-electron chi connectivity index (χ3n) is 4.39. The van der Waals surface area contributed by atoms with Gasteiger partial charge in [-0.15, -0.1) is 10.2 Å². The second-order valence-corrected chi connectivity index (χ2v) is 5.65. The van der Waals surface area contributed by atoms with Gasteiger partial charge in [0.05, 0.1) is 18.2 Å². The maximum atomic E-state index is 5.66. The third kappa shape index (κ3) is 2.36. The molecule has 2 heterocycles. The van der Waals surface area contributed by atoms with E-state index < -0.39 is 0 Å². The number of hydrogen-bond acceptors (Lipinski definition) is 5. The Labute approximate surface area is 119 Å².